The molecule has 2 saturated heterocycles. The van der Waals surface area contributed by atoms with Gasteiger partial charge in [-0.2, -0.15) is 10.1 Å². The lowest BCUT2D eigenvalue weighted by molar-refractivity contribution is -0.308. The lowest BCUT2D eigenvalue weighted by Crippen LogP contribution is -2.62. The van der Waals surface area contributed by atoms with Gasteiger partial charge in [0.05, 0.1) is 12.2 Å². The largest absolute Gasteiger partial charge is 0.462 e. The average Bonchev–Trinajstić information content (AvgIpc) is 2.98. The summed E-state index contributed by atoms with van der Waals surface area (Å²) in [6, 6.07) is 0. The molecule has 274 valence electrons. The van der Waals surface area contributed by atoms with Crippen LogP contribution >= 0.6 is 0 Å². The van der Waals surface area contributed by atoms with Crippen LogP contribution in [0.1, 0.15) is 171 Å². The molecule has 4 aliphatic rings. The topological polar surface area (TPSA) is 77.5 Å². The monoisotopic (exact) mass is 673 g/mol. The van der Waals surface area contributed by atoms with Gasteiger partial charge in [0.2, 0.25) is 0 Å². The van der Waals surface area contributed by atoms with Crippen LogP contribution in [0.3, 0.4) is 0 Å². The fraction of sp³-hybridized carbons (Fsp3) is 0.850. The summed E-state index contributed by atoms with van der Waals surface area (Å²) in [6.45, 7) is 17.5. The predicted octanol–water partition coefficient (Wildman–Crippen LogP) is 9.32. The number of carbonyl (C=O) groups excluding carboxylic acids is 2. The Morgan fingerprint density at radius 1 is 0.562 bits per heavy atom. The Morgan fingerprint density at radius 3 is 1.21 bits per heavy atom. The van der Waals surface area contributed by atoms with Crippen molar-refractivity contribution in [2.45, 2.75) is 218 Å². The first-order chi connectivity index (χ1) is 22.6. The number of hydrogen-bond donors (Lipinski definition) is 0. The third-order valence-corrected chi connectivity index (χ3v) is 10.6. The standard InChI is InChI=1S/C40H68N2O6/c1-37(2)27-33(28-38(3,4)41(37)47-31-21-15-13-16-22-31)45-35(43)25-19-11-9-10-12-20-26-36(44)46-34-29-39(5,6)42(40(7,8)30-34)48-32-23-17-14-18-24-32/h15,17,21,23,31-34H,9-14,16,18-20,22,24-30H2,1-8H3. The Hall–Kier alpha value is -1.74. The molecule has 0 aromatic rings. The summed E-state index contributed by atoms with van der Waals surface area (Å²) in [5, 5.41) is 4.34. The molecule has 2 fully saturated rings. The molecule has 48 heavy (non-hydrogen) atoms. The SMILES string of the molecule is CC1(C)CC(OC(=O)CCCCCCCCC(=O)OC2CC(C)(C)N(OC3C=CCCC3)C(C)(C)C2)CC(C)(C)N1OC1C=CCCC1. The molecule has 0 amide bonds. The molecule has 0 aromatic heterocycles. The third kappa shape index (κ3) is 11.4. The molecule has 2 aliphatic carbocycles. The molecular formula is C40H68N2O6. The van der Waals surface area contributed by atoms with Crippen LogP contribution < -0.4 is 0 Å². The highest BCUT2D eigenvalue weighted by molar-refractivity contribution is 5.70. The van der Waals surface area contributed by atoms with Crippen LogP contribution in [-0.2, 0) is 28.7 Å². The number of unbranched alkanes of at least 4 members (excludes halogenated alkanes) is 5. The maximum atomic E-state index is 12.8. The van der Waals surface area contributed by atoms with Gasteiger partial charge >= 0.3 is 11.9 Å². The van der Waals surface area contributed by atoms with Crippen LogP contribution in [0.25, 0.3) is 0 Å². The molecule has 0 radical (unpaired) electrons. The molecule has 2 heterocycles. The first kappa shape index (κ1) is 39.1. The molecule has 0 aromatic carbocycles. The molecule has 0 N–H and O–H groups in total. The van der Waals surface area contributed by atoms with Crippen LogP contribution in [0.2, 0.25) is 0 Å². The van der Waals surface area contributed by atoms with Crippen LogP contribution in [0.5, 0.6) is 0 Å². The second-order valence-electron chi connectivity index (χ2n) is 17.5. The number of carbonyl (C=O) groups is 2. The summed E-state index contributed by atoms with van der Waals surface area (Å²) in [5.74, 6) is -0.179. The van der Waals surface area contributed by atoms with Gasteiger partial charge in [-0.15, -0.1) is 0 Å². The Bertz CT molecular complexity index is 989. The number of esters is 2. The number of hydrogen-bond acceptors (Lipinski definition) is 8. The molecule has 0 bridgehead atoms. The van der Waals surface area contributed by atoms with E-state index in [1.165, 1.54) is 0 Å². The molecule has 0 saturated carbocycles. The zero-order valence-corrected chi connectivity index (χ0v) is 31.7. The van der Waals surface area contributed by atoms with Crippen LogP contribution in [-0.4, -0.2) is 68.6 Å². The van der Waals surface area contributed by atoms with Gasteiger partial charge in [0.25, 0.3) is 0 Å². The van der Waals surface area contributed by atoms with Crippen molar-refractivity contribution in [3.63, 3.8) is 0 Å². The van der Waals surface area contributed by atoms with E-state index < -0.39 is 0 Å². The number of rotatable bonds is 15. The van der Waals surface area contributed by atoms with Gasteiger partial charge in [-0.3, -0.25) is 19.3 Å². The van der Waals surface area contributed by atoms with E-state index >= 15 is 0 Å². The predicted molar refractivity (Wildman–Crippen MR) is 191 cm³/mol. The summed E-state index contributed by atoms with van der Waals surface area (Å²) in [4.78, 5) is 38.5. The maximum Gasteiger partial charge on any atom is 0.306 e. The fourth-order valence-electron chi connectivity index (χ4n) is 8.82. The minimum Gasteiger partial charge on any atom is -0.462 e. The van der Waals surface area contributed by atoms with E-state index in [1.54, 1.807) is 0 Å². The van der Waals surface area contributed by atoms with E-state index in [1.807, 2.05) is 0 Å². The van der Waals surface area contributed by atoms with Gasteiger partial charge in [-0.1, -0.05) is 50.0 Å². The van der Waals surface area contributed by atoms with Crippen molar-refractivity contribution >= 4 is 11.9 Å². The van der Waals surface area contributed by atoms with Crippen molar-refractivity contribution in [1.82, 2.24) is 10.1 Å². The van der Waals surface area contributed by atoms with E-state index in [2.05, 4.69) is 89.8 Å². The van der Waals surface area contributed by atoms with Gasteiger partial charge in [0.1, 0.15) is 12.2 Å². The highest BCUT2D eigenvalue weighted by Crippen LogP contribution is 2.42. The Labute approximate surface area is 292 Å². The number of hydroxylamine groups is 4. The zero-order valence-electron chi connectivity index (χ0n) is 31.7. The minimum absolute atomic E-state index is 0.0893. The molecule has 8 heteroatoms. The van der Waals surface area contributed by atoms with Crippen molar-refractivity contribution in [2.24, 2.45) is 0 Å². The van der Waals surface area contributed by atoms with Crippen molar-refractivity contribution in [3.05, 3.63) is 24.3 Å². The zero-order chi connectivity index (χ0) is 35.0. The third-order valence-electron chi connectivity index (χ3n) is 10.6. The van der Waals surface area contributed by atoms with Crippen molar-refractivity contribution in [3.8, 4) is 0 Å². The summed E-state index contributed by atoms with van der Waals surface area (Å²) in [5.41, 5.74) is -0.904. The van der Waals surface area contributed by atoms with Crippen LogP contribution in [0, 0.1) is 0 Å². The first-order valence-electron chi connectivity index (χ1n) is 19.2. The Morgan fingerprint density at radius 2 is 0.896 bits per heavy atom. The highest BCUT2D eigenvalue weighted by atomic mass is 16.7. The Balaban J connectivity index is 1.06. The van der Waals surface area contributed by atoms with E-state index in [0.29, 0.717) is 12.8 Å². The highest BCUT2D eigenvalue weighted by Gasteiger charge is 2.49. The second-order valence-corrected chi connectivity index (χ2v) is 17.5. The summed E-state index contributed by atoms with van der Waals surface area (Å²) in [6.07, 6.45) is 25.4. The lowest BCUT2D eigenvalue weighted by Gasteiger charge is -2.54. The van der Waals surface area contributed by atoms with Gasteiger partial charge in [0, 0.05) is 60.7 Å². The summed E-state index contributed by atoms with van der Waals surface area (Å²) < 4.78 is 12.0. The minimum atomic E-state index is -0.226. The van der Waals surface area contributed by atoms with Crippen LogP contribution in [0.15, 0.2) is 24.3 Å². The smallest absolute Gasteiger partial charge is 0.306 e. The van der Waals surface area contributed by atoms with Crippen LogP contribution in [0.4, 0.5) is 0 Å². The quantitative estimate of drug-likeness (QED) is 0.0968. The normalized spacial score (nSPS) is 27.5. The molecule has 4 rings (SSSR count). The van der Waals surface area contributed by atoms with Crippen molar-refractivity contribution < 1.29 is 28.7 Å². The summed E-state index contributed by atoms with van der Waals surface area (Å²) in [7, 11) is 0. The van der Waals surface area contributed by atoms with Gasteiger partial charge in [-0.05, 0) is 107 Å². The van der Waals surface area contributed by atoms with Crippen molar-refractivity contribution in [2.75, 3.05) is 0 Å². The van der Waals surface area contributed by atoms with Gasteiger partial charge in [-0.25, -0.2) is 0 Å². The summed E-state index contributed by atoms with van der Waals surface area (Å²) >= 11 is 0. The van der Waals surface area contributed by atoms with E-state index in [9.17, 15) is 9.59 Å². The van der Waals surface area contributed by atoms with Crippen molar-refractivity contribution in [1.29, 1.82) is 0 Å². The van der Waals surface area contributed by atoms with E-state index in [4.69, 9.17) is 19.1 Å². The molecule has 8 nitrogen and oxygen atoms in total. The van der Waals surface area contributed by atoms with E-state index in [-0.39, 0.29) is 58.5 Å². The number of nitrogens with zero attached hydrogens (tertiary/aromatic N) is 2. The Kier molecular flexibility index (Phi) is 13.8. The maximum absolute atomic E-state index is 12.8. The molecule has 2 unspecified atom stereocenters. The fourth-order valence-corrected chi connectivity index (χ4v) is 8.82. The molecule has 2 atom stereocenters. The number of piperidine rings is 2. The second kappa shape index (κ2) is 17.0. The molecular weight excluding hydrogens is 604 g/mol. The van der Waals surface area contributed by atoms with Gasteiger partial charge in [0.15, 0.2) is 0 Å². The molecule has 0 spiro atoms. The number of allylic oxidation sites excluding steroid dienone is 2. The lowest BCUT2D eigenvalue weighted by atomic mass is 9.80. The van der Waals surface area contributed by atoms with Gasteiger partial charge < -0.3 is 9.47 Å². The first-order valence-corrected chi connectivity index (χ1v) is 19.2. The number of ether oxygens (including phenoxy) is 2. The average molecular weight is 673 g/mol. The molecule has 2 aliphatic heterocycles. The van der Waals surface area contributed by atoms with E-state index in [0.717, 1.165) is 103 Å².